The molecule has 0 atom stereocenters. The number of aromatic amines is 1. The van der Waals surface area contributed by atoms with Crippen LogP contribution in [-0.4, -0.2) is 16.1 Å². The number of rotatable bonds is 4. The Balaban J connectivity index is 1.83. The first kappa shape index (κ1) is 17.1. The highest BCUT2D eigenvalue weighted by Gasteiger charge is 2.15. The van der Waals surface area contributed by atoms with Crippen LogP contribution in [-0.2, 0) is 4.79 Å². The molecule has 0 aliphatic carbocycles. The third-order valence-electron chi connectivity index (χ3n) is 3.36. The van der Waals surface area contributed by atoms with Crippen molar-refractivity contribution in [2.75, 3.05) is 5.32 Å². The van der Waals surface area contributed by atoms with E-state index in [-0.39, 0.29) is 11.7 Å². The van der Waals surface area contributed by atoms with Crippen LogP contribution in [0.1, 0.15) is 12.5 Å². The molecule has 0 fully saturated rings. The summed E-state index contributed by atoms with van der Waals surface area (Å²) in [5, 5.41) is 19.4. The summed E-state index contributed by atoms with van der Waals surface area (Å²) < 4.78 is 0. The number of nitrogens with one attached hydrogen (secondary N) is 2. The molecule has 0 radical (unpaired) electrons. The SMILES string of the molecule is CC(=O)Nc1n[nH]c(-c2ccc(Sc3ccc(Cl)cc3)cc2)c1C#N. The average Bonchev–Trinajstić information content (AvgIpc) is 2.99. The smallest absolute Gasteiger partial charge is 0.222 e. The van der Waals surface area contributed by atoms with E-state index in [2.05, 4.69) is 21.6 Å². The Labute approximate surface area is 154 Å². The molecule has 1 amide bonds. The van der Waals surface area contributed by atoms with E-state index in [1.165, 1.54) is 6.92 Å². The summed E-state index contributed by atoms with van der Waals surface area (Å²) in [6, 6.07) is 17.5. The fourth-order valence-electron chi connectivity index (χ4n) is 2.25. The second-order valence-electron chi connectivity index (χ2n) is 5.20. The number of benzene rings is 2. The van der Waals surface area contributed by atoms with E-state index in [4.69, 9.17) is 11.6 Å². The van der Waals surface area contributed by atoms with Crippen LogP contribution in [0.25, 0.3) is 11.3 Å². The van der Waals surface area contributed by atoms with Crippen molar-refractivity contribution in [1.29, 1.82) is 5.26 Å². The summed E-state index contributed by atoms with van der Waals surface area (Å²) in [6.45, 7) is 1.37. The topological polar surface area (TPSA) is 81.6 Å². The molecule has 3 aromatic rings. The van der Waals surface area contributed by atoms with Crippen molar-refractivity contribution in [1.82, 2.24) is 10.2 Å². The molecule has 0 bridgehead atoms. The van der Waals surface area contributed by atoms with Crippen LogP contribution in [0, 0.1) is 11.3 Å². The summed E-state index contributed by atoms with van der Waals surface area (Å²) >= 11 is 7.51. The van der Waals surface area contributed by atoms with Crippen molar-refractivity contribution in [3.63, 3.8) is 0 Å². The molecule has 1 aromatic heterocycles. The quantitative estimate of drug-likeness (QED) is 0.698. The molecular formula is C18H13ClN4OS. The van der Waals surface area contributed by atoms with Crippen LogP contribution in [0.3, 0.4) is 0 Å². The molecule has 124 valence electrons. The fraction of sp³-hybridized carbons (Fsp3) is 0.0556. The monoisotopic (exact) mass is 368 g/mol. The zero-order chi connectivity index (χ0) is 17.8. The Morgan fingerprint density at radius 1 is 1.16 bits per heavy atom. The Bertz CT molecular complexity index is 943. The van der Waals surface area contributed by atoms with Crippen molar-refractivity contribution < 1.29 is 4.79 Å². The number of carbonyl (C=O) groups excluding carboxylic acids is 1. The second kappa shape index (κ2) is 7.43. The van der Waals surface area contributed by atoms with Gasteiger partial charge in [0.05, 0.1) is 5.69 Å². The van der Waals surface area contributed by atoms with Gasteiger partial charge in [-0.1, -0.05) is 35.5 Å². The lowest BCUT2D eigenvalue weighted by atomic mass is 10.1. The predicted octanol–water partition coefficient (Wildman–Crippen LogP) is 4.71. The first-order valence-electron chi connectivity index (χ1n) is 7.36. The van der Waals surface area contributed by atoms with Gasteiger partial charge < -0.3 is 5.32 Å². The summed E-state index contributed by atoms with van der Waals surface area (Å²) in [4.78, 5) is 13.3. The van der Waals surface area contributed by atoms with Gasteiger partial charge in [0.25, 0.3) is 0 Å². The summed E-state index contributed by atoms with van der Waals surface area (Å²) in [7, 11) is 0. The summed E-state index contributed by atoms with van der Waals surface area (Å²) in [6.07, 6.45) is 0. The molecule has 2 N–H and O–H groups in total. The molecule has 0 saturated carbocycles. The van der Waals surface area contributed by atoms with Gasteiger partial charge in [-0.3, -0.25) is 9.89 Å². The number of halogens is 1. The normalized spacial score (nSPS) is 10.3. The highest BCUT2D eigenvalue weighted by Crippen LogP contribution is 2.31. The largest absolute Gasteiger partial charge is 0.308 e. The van der Waals surface area contributed by atoms with E-state index in [0.717, 1.165) is 15.4 Å². The number of aromatic nitrogens is 2. The lowest BCUT2D eigenvalue weighted by molar-refractivity contribution is -0.114. The minimum Gasteiger partial charge on any atom is -0.308 e. The van der Waals surface area contributed by atoms with E-state index < -0.39 is 0 Å². The number of nitrogens with zero attached hydrogens (tertiary/aromatic N) is 2. The molecule has 2 aromatic carbocycles. The first-order valence-corrected chi connectivity index (χ1v) is 8.56. The lowest BCUT2D eigenvalue weighted by Gasteiger charge is -2.04. The molecule has 1 heterocycles. The molecular weight excluding hydrogens is 356 g/mol. The number of nitriles is 1. The molecule has 7 heteroatoms. The van der Waals surface area contributed by atoms with Gasteiger partial charge in [0.2, 0.25) is 5.91 Å². The third-order valence-corrected chi connectivity index (χ3v) is 4.63. The van der Waals surface area contributed by atoms with Crippen molar-refractivity contribution in [2.24, 2.45) is 0 Å². The Kier molecular flexibility index (Phi) is 5.08. The van der Waals surface area contributed by atoms with Crippen molar-refractivity contribution >= 4 is 35.1 Å². The van der Waals surface area contributed by atoms with Gasteiger partial charge in [-0.2, -0.15) is 10.4 Å². The van der Waals surface area contributed by atoms with Gasteiger partial charge in [-0.25, -0.2) is 0 Å². The van der Waals surface area contributed by atoms with Gasteiger partial charge in [0.15, 0.2) is 5.82 Å². The Morgan fingerprint density at radius 2 is 1.76 bits per heavy atom. The summed E-state index contributed by atoms with van der Waals surface area (Å²) in [5.41, 5.74) is 1.71. The van der Waals surface area contributed by atoms with Gasteiger partial charge >= 0.3 is 0 Å². The molecule has 0 saturated heterocycles. The molecule has 0 aliphatic heterocycles. The van der Waals surface area contributed by atoms with Crippen LogP contribution >= 0.6 is 23.4 Å². The number of hydrogen-bond donors (Lipinski definition) is 2. The van der Waals surface area contributed by atoms with E-state index in [1.807, 2.05) is 48.5 Å². The minimum atomic E-state index is -0.274. The number of anilines is 1. The molecule has 3 rings (SSSR count). The van der Waals surface area contributed by atoms with Crippen LogP contribution in [0.2, 0.25) is 5.02 Å². The van der Waals surface area contributed by atoms with Crippen LogP contribution in [0.5, 0.6) is 0 Å². The highest BCUT2D eigenvalue weighted by molar-refractivity contribution is 7.99. The molecule has 0 spiro atoms. The number of carbonyl (C=O) groups is 1. The van der Waals surface area contributed by atoms with E-state index in [9.17, 15) is 10.1 Å². The predicted molar refractivity (Wildman–Crippen MR) is 98.6 cm³/mol. The average molecular weight is 369 g/mol. The summed E-state index contributed by atoms with van der Waals surface area (Å²) in [5.74, 6) is -0.0334. The van der Waals surface area contributed by atoms with E-state index in [0.29, 0.717) is 16.3 Å². The minimum absolute atomic E-state index is 0.240. The maximum absolute atomic E-state index is 11.2. The molecule has 0 unspecified atom stereocenters. The zero-order valence-electron chi connectivity index (χ0n) is 13.2. The van der Waals surface area contributed by atoms with Gasteiger partial charge in [-0.05, 0) is 36.4 Å². The Hall–Kier alpha value is -2.75. The molecule has 0 aliphatic rings. The fourth-order valence-corrected chi connectivity index (χ4v) is 3.19. The maximum atomic E-state index is 11.2. The standard InChI is InChI=1S/C18H13ClN4OS/c1-11(24)21-18-16(10-20)17(22-23-18)12-2-6-14(7-3-12)25-15-8-4-13(19)5-9-15/h2-9H,1H3,(H2,21,22,23,24). The number of H-pyrrole nitrogens is 1. The highest BCUT2D eigenvalue weighted by atomic mass is 35.5. The van der Waals surface area contributed by atoms with Crippen molar-refractivity contribution in [3.8, 4) is 17.3 Å². The van der Waals surface area contributed by atoms with E-state index >= 15 is 0 Å². The maximum Gasteiger partial charge on any atom is 0.222 e. The van der Waals surface area contributed by atoms with Crippen LogP contribution in [0.15, 0.2) is 58.3 Å². The lowest BCUT2D eigenvalue weighted by Crippen LogP contribution is -2.07. The van der Waals surface area contributed by atoms with E-state index in [1.54, 1.807) is 11.8 Å². The molecule has 5 nitrogen and oxygen atoms in total. The molecule has 25 heavy (non-hydrogen) atoms. The first-order chi connectivity index (χ1) is 12.1. The number of amides is 1. The number of hydrogen-bond acceptors (Lipinski definition) is 4. The van der Waals surface area contributed by atoms with Crippen molar-refractivity contribution in [3.05, 3.63) is 59.1 Å². The van der Waals surface area contributed by atoms with Crippen LogP contribution in [0.4, 0.5) is 5.82 Å². The third kappa shape index (κ3) is 4.02. The van der Waals surface area contributed by atoms with Gasteiger partial charge in [0.1, 0.15) is 11.6 Å². The second-order valence-corrected chi connectivity index (χ2v) is 6.78. The van der Waals surface area contributed by atoms with Crippen molar-refractivity contribution in [2.45, 2.75) is 16.7 Å². The van der Waals surface area contributed by atoms with Gasteiger partial charge in [-0.15, -0.1) is 0 Å². The zero-order valence-corrected chi connectivity index (χ0v) is 14.8. The van der Waals surface area contributed by atoms with Gasteiger partial charge in [0, 0.05) is 27.3 Å². The van der Waals surface area contributed by atoms with Crippen LogP contribution < -0.4 is 5.32 Å². The Morgan fingerprint density at radius 3 is 2.32 bits per heavy atom.